The van der Waals surface area contributed by atoms with E-state index in [-0.39, 0.29) is 5.75 Å². The van der Waals surface area contributed by atoms with Crippen molar-refractivity contribution in [3.63, 3.8) is 0 Å². The molecule has 3 N–H and O–H groups in total. The first-order chi connectivity index (χ1) is 8.08. The van der Waals surface area contributed by atoms with E-state index in [1.165, 1.54) is 26.0 Å². The van der Waals surface area contributed by atoms with Crippen molar-refractivity contribution in [3.05, 3.63) is 24.3 Å². The molecule has 100 valence electrons. The van der Waals surface area contributed by atoms with Gasteiger partial charge in [0.05, 0.1) is 5.54 Å². The molecule has 18 heavy (non-hydrogen) atoms. The van der Waals surface area contributed by atoms with Gasteiger partial charge in [0.15, 0.2) is 0 Å². The van der Waals surface area contributed by atoms with Crippen molar-refractivity contribution < 1.29 is 22.7 Å². The van der Waals surface area contributed by atoms with Gasteiger partial charge >= 0.3 is 6.36 Å². The number of anilines is 1. The number of benzene rings is 1. The van der Waals surface area contributed by atoms with E-state index in [0.29, 0.717) is 5.69 Å². The molecular weight excluding hydrogens is 249 g/mol. The molecule has 4 nitrogen and oxygen atoms in total. The summed E-state index contributed by atoms with van der Waals surface area (Å²) in [5.74, 6) is -0.792. The van der Waals surface area contributed by atoms with Crippen LogP contribution in [0.25, 0.3) is 0 Å². The standard InChI is InChI=1S/C11H13F3N2O2/c1-10(2,15)9(17)16-7-3-5-8(6-4-7)18-11(12,13)14/h3-6H,15H2,1-2H3,(H,16,17). The Morgan fingerprint density at radius 1 is 1.22 bits per heavy atom. The third-order valence-electron chi connectivity index (χ3n) is 1.93. The molecule has 0 aromatic heterocycles. The van der Waals surface area contributed by atoms with Crippen LogP contribution in [0.15, 0.2) is 24.3 Å². The summed E-state index contributed by atoms with van der Waals surface area (Å²) in [5, 5.41) is 2.47. The summed E-state index contributed by atoms with van der Waals surface area (Å²) in [6.45, 7) is 3.03. The minimum absolute atomic E-state index is 0.341. The maximum atomic E-state index is 11.9. The van der Waals surface area contributed by atoms with E-state index in [9.17, 15) is 18.0 Å². The van der Waals surface area contributed by atoms with Crippen LogP contribution < -0.4 is 15.8 Å². The summed E-state index contributed by atoms with van der Waals surface area (Å²) < 4.78 is 39.4. The van der Waals surface area contributed by atoms with Crippen LogP contribution in [0.1, 0.15) is 13.8 Å². The molecule has 1 aromatic carbocycles. The Kier molecular flexibility index (Phi) is 3.85. The fraction of sp³-hybridized carbons (Fsp3) is 0.364. The largest absolute Gasteiger partial charge is 0.573 e. The Balaban J connectivity index is 2.70. The number of alkyl halides is 3. The molecule has 0 saturated heterocycles. The first kappa shape index (κ1) is 14.3. The summed E-state index contributed by atoms with van der Waals surface area (Å²) in [4.78, 5) is 11.5. The molecule has 0 aliphatic carbocycles. The zero-order valence-corrected chi connectivity index (χ0v) is 9.84. The zero-order valence-electron chi connectivity index (χ0n) is 9.84. The van der Waals surface area contributed by atoms with Crippen LogP contribution in [0.5, 0.6) is 5.75 Å². The lowest BCUT2D eigenvalue weighted by Crippen LogP contribution is -2.45. The van der Waals surface area contributed by atoms with Gasteiger partial charge in [-0.1, -0.05) is 0 Å². The molecule has 0 aliphatic rings. The molecular formula is C11H13F3N2O2. The maximum absolute atomic E-state index is 11.9. The van der Waals surface area contributed by atoms with Crippen molar-refractivity contribution >= 4 is 11.6 Å². The zero-order chi connectivity index (χ0) is 14.0. The predicted octanol–water partition coefficient (Wildman–Crippen LogP) is 2.26. The highest BCUT2D eigenvalue weighted by molar-refractivity contribution is 5.97. The number of amides is 1. The van der Waals surface area contributed by atoms with Gasteiger partial charge < -0.3 is 15.8 Å². The van der Waals surface area contributed by atoms with E-state index in [1.807, 2.05) is 0 Å². The minimum Gasteiger partial charge on any atom is -0.406 e. The van der Waals surface area contributed by atoms with Crippen LogP contribution in [0.3, 0.4) is 0 Å². The number of nitrogens with one attached hydrogen (secondary N) is 1. The van der Waals surface area contributed by atoms with Gasteiger partial charge in [-0.05, 0) is 38.1 Å². The van der Waals surface area contributed by atoms with Crippen LogP contribution in [0.4, 0.5) is 18.9 Å². The Morgan fingerprint density at radius 2 is 1.72 bits per heavy atom. The highest BCUT2D eigenvalue weighted by atomic mass is 19.4. The van der Waals surface area contributed by atoms with Crippen LogP contribution in [0, 0.1) is 0 Å². The van der Waals surface area contributed by atoms with Crippen molar-refractivity contribution in [2.75, 3.05) is 5.32 Å². The number of halogens is 3. The van der Waals surface area contributed by atoms with Crippen molar-refractivity contribution in [2.45, 2.75) is 25.7 Å². The number of carbonyl (C=O) groups is 1. The van der Waals surface area contributed by atoms with Gasteiger partial charge in [-0.15, -0.1) is 13.2 Å². The molecule has 1 rings (SSSR count). The van der Waals surface area contributed by atoms with E-state index in [2.05, 4.69) is 10.1 Å². The van der Waals surface area contributed by atoms with Crippen LogP contribution in [0.2, 0.25) is 0 Å². The summed E-state index contributed by atoms with van der Waals surface area (Å²) in [6, 6.07) is 4.80. The molecule has 1 amide bonds. The second kappa shape index (κ2) is 4.85. The number of ether oxygens (including phenoxy) is 1. The summed E-state index contributed by atoms with van der Waals surface area (Å²) in [6.07, 6.45) is -4.73. The van der Waals surface area contributed by atoms with Crippen LogP contribution in [-0.2, 0) is 4.79 Å². The average molecular weight is 262 g/mol. The molecule has 0 aliphatic heterocycles. The van der Waals surface area contributed by atoms with Crippen molar-refractivity contribution in [3.8, 4) is 5.75 Å². The summed E-state index contributed by atoms with van der Waals surface area (Å²) in [5.41, 5.74) is 4.83. The fourth-order valence-corrected chi connectivity index (χ4v) is 1.03. The van der Waals surface area contributed by atoms with Gasteiger partial charge in [-0.25, -0.2) is 0 Å². The highest BCUT2D eigenvalue weighted by Gasteiger charge is 2.31. The van der Waals surface area contributed by atoms with Crippen molar-refractivity contribution in [2.24, 2.45) is 5.73 Å². The molecule has 0 bridgehead atoms. The topological polar surface area (TPSA) is 64.4 Å². The smallest absolute Gasteiger partial charge is 0.406 e. The molecule has 0 unspecified atom stereocenters. The number of hydrogen-bond acceptors (Lipinski definition) is 3. The number of hydrogen-bond donors (Lipinski definition) is 2. The Morgan fingerprint density at radius 3 is 2.11 bits per heavy atom. The normalized spacial score (nSPS) is 12.1. The summed E-state index contributed by atoms with van der Waals surface area (Å²) in [7, 11) is 0. The fourth-order valence-electron chi connectivity index (χ4n) is 1.03. The first-order valence-corrected chi connectivity index (χ1v) is 5.04. The highest BCUT2D eigenvalue weighted by Crippen LogP contribution is 2.24. The molecule has 1 aromatic rings. The lowest BCUT2D eigenvalue weighted by molar-refractivity contribution is -0.274. The van der Waals surface area contributed by atoms with E-state index in [0.717, 1.165) is 12.1 Å². The Bertz CT molecular complexity index is 421. The van der Waals surface area contributed by atoms with Gasteiger partial charge in [-0.3, -0.25) is 4.79 Å². The second-order valence-electron chi connectivity index (χ2n) is 4.25. The van der Waals surface area contributed by atoms with E-state index >= 15 is 0 Å². The van der Waals surface area contributed by atoms with E-state index < -0.39 is 17.8 Å². The summed E-state index contributed by atoms with van der Waals surface area (Å²) >= 11 is 0. The van der Waals surface area contributed by atoms with Gasteiger partial charge in [0.25, 0.3) is 0 Å². The van der Waals surface area contributed by atoms with Gasteiger partial charge in [0, 0.05) is 5.69 Å². The van der Waals surface area contributed by atoms with E-state index in [1.54, 1.807) is 0 Å². The molecule has 0 atom stereocenters. The predicted molar refractivity (Wildman–Crippen MR) is 60.0 cm³/mol. The Labute approximate surface area is 102 Å². The first-order valence-electron chi connectivity index (χ1n) is 5.04. The average Bonchev–Trinajstić information content (AvgIpc) is 2.17. The third-order valence-corrected chi connectivity index (χ3v) is 1.93. The molecule has 0 spiro atoms. The SMILES string of the molecule is CC(C)(N)C(=O)Nc1ccc(OC(F)(F)F)cc1. The number of rotatable bonds is 3. The lowest BCUT2D eigenvalue weighted by atomic mass is 10.1. The maximum Gasteiger partial charge on any atom is 0.573 e. The quantitative estimate of drug-likeness (QED) is 0.878. The molecule has 0 heterocycles. The second-order valence-corrected chi connectivity index (χ2v) is 4.25. The van der Waals surface area contributed by atoms with Crippen molar-refractivity contribution in [1.29, 1.82) is 0 Å². The van der Waals surface area contributed by atoms with Gasteiger partial charge in [-0.2, -0.15) is 0 Å². The lowest BCUT2D eigenvalue weighted by Gasteiger charge is -2.18. The molecule has 0 radical (unpaired) electrons. The van der Waals surface area contributed by atoms with Crippen LogP contribution >= 0.6 is 0 Å². The molecule has 0 saturated carbocycles. The number of nitrogens with two attached hydrogens (primary N) is 1. The minimum atomic E-state index is -4.73. The monoisotopic (exact) mass is 262 g/mol. The molecule has 7 heteroatoms. The third kappa shape index (κ3) is 4.62. The number of carbonyl (C=O) groups excluding carboxylic acids is 1. The van der Waals surface area contributed by atoms with Crippen molar-refractivity contribution in [1.82, 2.24) is 0 Å². The Hall–Kier alpha value is -1.76. The van der Waals surface area contributed by atoms with Crippen LogP contribution in [-0.4, -0.2) is 17.8 Å². The van der Waals surface area contributed by atoms with E-state index in [4.69, 9.17) is 5.73 Å². The molecule has 0 fully saturated rings. The van der Waals surface area contributed by atoms with Gasteiger partial charge in [0.1, 0.15) is 5.75 Å². The van der Waals surface area contributed by atoms with Gasteiger partial charge in [0.2, 0.25) is 5.91 Å².